The zero-order valence-electron chi connectivity index (χ0n) is 21.9. The van der Waals surface area contributed by atoms with Crippen LogP contribution in [0.15, 0.2) is 18.2 Å². The summed E-state index contributed by atoms with van der Waals surface area (Å²) in [5, 5.41) is 5.86. The molecule has 2 bridgehead atoms. The Hall–Kier alpha value is -3.69. The lowest BCUT2D eigenvalue weighted by Gasteiger charge is -2.57. The SMILES string of the molecule is CC(=O)O[C@@H]1[C@@]23NC(=O)[C@]4(CCCN4C2=O)C(=O)[C@H]3C(C)(C)[C@]12C(=O)Nc1c2ccc2c1C=CC(C)(C)O2. The average molecular weight is 520 g/mol. The summed E-state index contributed by atoms with van der Waals surface area (Å²) in [4.78, 5) is 70.5. The number of amides is 3. The van der Waals surface area contributed by atoms with Gasteiger partial charge in [-0.3, -0.25) is 24.0 Å². The van der Waals surface area contributed by atoms with Gasteiger partial charge in [0.05, 0.1) is 11.6 Å². The lowest BCUT2D eigenvalue weighted by Crippen LogP contribution is -2.87. The normalized spacial score (nSPS) is 38.3. The molecule has 4 saturated heterocycles. The van der Waals surface area contributed by atoms with Gasteiger partial charge < -0.3 is 25.0 Å². The maximum absolute atomic E-state index is 14.4. The van der Waals surface area contributed by atoms with Crippen LogP contribution >= 0.6 is 0 Å². The molecule has 7 aliphatic rings. The number of hydrogen-bond donors (Lipinski definition) is 2. The van der Waals surface area contributed by atoms with Crippen LogP contribution in [-0.4, -0.2) is 63.7 Å². The highest BCUT2D eigenvalue weighted by Crippen LogP contribution is 2.70. The number of Topliss-reactive ketones (excluding diaryl/α,β-unsaturated/α-hetero) is 1. The number of rotatable bonds is 1. The van der Waals surface area contributed by atoms with E-state index in [2.05, 4.69) is 10.6 Å². The summed E-state index contributed by atoms with van der Waals surface area (Å²) in [6.45, 7) is 8.82. The summed E-state index contributed by atoms with van der Waals surface area (Å²) in [6, 6.07) is 3.51. The highest BCUT2D eigenvalue weighted by atomic mass is 16.5. The molecular weight excluding hydrogens is 490 g/mol. The molecule has 6 heterocycles. The van der Waals surface area contributed by atoms with Crippen molar-refractivity contribution in [2.75, 3.05) is 11.9 Å². The highest BCUT2D eigenvalue weighted by Gasteiger charge is 2.89. The number of ketones is 1. The van der Waals surface area contributed by atoms with Crippen LogP contribution in [0.2, 0.25) is 0 Å². The summed E-state index contributed by atoms with van der Waals surface area (Å²) >= 11 is 0. The van der Waals surface area contributed by atoms with Crippen LogP contribution in [0.25, 0.3) is 6.08 Å². The number of nitrogens with one attached hydrogen (secondary N) is 2. The third kappa shape index (κ3) is 2.15. The number of fused-ring (bicyclic) bond motifs is 5. The van der Waals surface area contributed by atoms with Crippen LogP contribution in [0.3, 0.4) is 0 Å². The maximum Gasteiger partial charge on any atom is 0.303 e. The van der Waals surface area contributed by atoms with Crippen molar-refractivity contribution in [2.45, 2.75) is 75.7 Å². The first-order valence-corrected chi connectivity index (χ1v) is 13.0. The summed E-state index contributed by atoms with van der Waals surface area (Å²) in [5.74, 6) is -3.15. The molecule has 3 spiro atoms. The predicted molar refractivity (Wildman–Crippen MR) is 133 cm³/mol. The van der Waals surface area contributed by atoms with E-state index in [1.54, 1.807) is 26.0 Å². The molecule has 0 aromatic heterocycles. The van der Waals surface area contributed by atoms with Gasteiger partial charge in [-0.2, -0.15) is 0 Å². The first-order chi connectivity index (χ1) is 17.8. The minimum Gasteiger partial charge on any atom is -0.483 e. The van der Waals surface area contributed by atoms with Crippen molar-refractivity contribution in [3.8, 4) is 5.75 Å². The Labute approximate surface area is 219 Å². The van der Waals surface area contributed by atoms with Gasteiger partial charge in [0.1, 0.15) is 16.8 Å². The van der Waals surface area contributed by atoms with Gasteiger partial charge in [0.15, 0.2) is 23.0 Å². The summed E-state index contributed by atoms with van der Waals surface area (Å²) in [6.07, 6.45) is 3.05. The Morgan fingerprint density at radius 3 is 2.55 bits per heavy atom. The van der Waals surface area contributed by atoms with E-state index in [4.69, 9.17) is 9.47 Å². The van der Waals surface area contributed by atoms with Crippen LogP contribution in [-0.2, 0) is 34.1 Å². The van der Waals surface area contributed by atoms with E-state index in [9.17, 15) is 24.0 Å². The van der Waals surface area contributed by atoms with Crippen molar-refractivity contribution in [3.05, 3.63) is 29.3 Å². The van der Waals surface area contributed by atoms with E-state index in [0.717, 1.165) is 0 Å². The van der Waals surface area contributed by atoms with Gasteiger partial charge >= 0.3 is 5.97 Å². The van der Waals surface area contributed by atoms with E-state index in [0.29, 0.717) is 29.0 Å². The smallest absolute Gasteiger partial charge is 0.303 e. The van der Waals surface area contributed by atoms with Crippen molar-refractivity contribution < 1.29 is 33.4 Å². The topological polar surface area (TPSA) is 131 Å². The van der Waals surface area contributed by atoms with E-state index in [-0.39, 0.29) is 18.7 Å². The number of nitrogens with zero attached hydrogens (tertiary/aromatic N) is 1. The number of esters is 1. The quantitative estimate of drug-likeness (QED) is 0.424. The van der Waals surface area contributed by atoms with Gasteiger partial charge in [-0.1, -0.05) is 19.9 Å². The van der Waals surface area contributed by atoms with Gasteiger partial charge in [-0.25, -0.2) is 0 Å². The Bertz CT molecular complexity index is 1460. The molecule has 1 aromatic carbocycles. The van der Waals surface area contributed by atoms with E-state index < -0.39 is 63.2 Å². The zero-order valence-corrected chi connectivity index (χ0v) is 21.9. The minimum atomic E-state index is -1.90. The Morgan fingerprint density at radius 1 is 1.11 bits per heavy atom. The summed E-state index contributed by atoms with van der Waals surface area (Å²) in [5.41, 5.74) is -5.26. The minimum absolute atomic E-state index is 0.228. The number of piperidine rings is 2. The second-order valence-corrected chi connectivity index (χ2v) is 12.5. The molecule has 198 valence electrons. The van der Waals surface area contributed by atoms with Gasteiger partial charge in [-0.15, -0.1) is 0 Å². The Balaban J connectivity index is 1.54. The van der Waals surface area contributed by atoms with Crippen molar-refractivity contribution in [2.24, 2.45) is 11.3 Å². The molecule has 0 radical (unpaired) electrons. The van der Waals surface area contributed by atoms with E-state index in [1.165, 1.54) is 11.8 Å². The number of hydrogen-bond acceptors (Lipinski definition) is 7. The molecule has 5 fully saturated rings. The van der Waals surface area contributed by atoms with Crippen molar-refractivity contribution in [1.82, 2.24) is 10.2 Å². The van der Waals surface area contributed by atoms with Crippen molar-refractivity contribution in [3.63, 3.8) is 0 Å². The van der Waals surface area contributed by atoms with E-state index in [1.807, 2.05) is 26.0 Å². The number of carbonyl (C=O) groups is 5. The van der Waals surface area contributed by atoms with Crippen LogP contribution in [0.5, 0.6) is 5.75 Å². The maximum atomic E-state index is 14.4. The molecule has 5 atom stereocenters. The lowest BCUT2D eigenvalue weighted by atomic mass is 9.57. The number of ether oxygens (including phenoxy) is 2. The molecule has 0 unspecified atom stereocenters. The first kappa shape index (κ1) is 23.4. The number of carbonyl (C=O) groups excluding carboxylic acids is 5. The van der Waals surface area contributed by atoms with Crippen LogP contribution < -0.4 is 15.4 Å². The van der Waals surface area contributed by atoms with Crippen molar-refractivity contribution >= 4 is 41.2 Å². The zero-order chi connectivity index (χ0) is 27.2. The van der Waals surface area contributed by atoms with Gasteiger partial charge in [-0.05, 0) is 55.9 Å². The molecule has 8 rings (SSSR count). The van der Waals surface area contributed by atoms with Gasteiger partial charge in [0, 0.05) is 19.0 Å². The van der Waals surface area contributed by atoms with Gasteiger partial charge in [0.2, 0.25) is 5.91 Å². The fraction of sp³-hybridized carbons (Fsp3) is 0.536. The first-order valence-electron chi connectivity index (χ1n) is 13.0. The van der Waals surface area contributed by atoms with Crippen LogP contribution in [0.1, 0.15) is 58.6 Å². The third-order valence-electron chi connectivity index (χ3n) is 9.88. The number of piperazine rings is 1. The van der Waals surface area contributed by atoms with Crippen molar-refractivity contribution in [1.29, 1.82) is 0 Å². The molecule has 38 heavy (non-hydrogen) atoms. The predicted octanol–water partition coefficient (Wildman–Crippen LogP) is 1.46. The average Bonchev–Trinajstić information content (AvgIpc) is 3.44. The highest BCUT2D eigenvalue weighted by molar-refractivity contribution is 6.26. The molecule has 3 amide bonds. The van der Waals surface area contributed by atoms with Crippen LogP contribution in [0.4, 0.5) is 5.69 Å². The third-order valence-corrected chi connectivity index (χ3v) is 9.88. The van der Waals surface area contributed by atoms with E-state index >= 15 is 0 Å². The molecule has 1 aromatic rings. The number of anilines is 1. The second-order valence-electron chi connectivity index (χ2n) is 12.5. The summed E-state index contributed by atoms with van der Waals surface area (Å²) in [7, 11) is 0. The lowest BCUT2D eigenvalue weighted by molar-refractivity contribution is -0.188. The fourth-order valence-electron chi connectivity index (χ4n) is 8.54. The Morgan fingerprint density at radius 2 is 1.84 bits per heavy atom. The molecular formula is C28H29N3O7. The molecule has 6 aliphatic heterocycles. The Kier molecular flexibility index (Phi) is 3.99. The standard InChI is InChI=1S/C28H29N3O7/c1-13(32)37-20-27(15-7-8-16-14(17(15)29-22(27)35)9-11-24(2,3)38-16)25(4,5)18-19(33)26-10-6-12-31(26)23(36)28(18,20)30-21(26)34/h7-9,11,18,20H,6,10,12H2,1-5H3,(H,29,35)(H,30,34)/t18-,20-,26-,27-,28+/m0/s1. The molecule has 2 N–H and O–H groups in total. The van der Waals surface area contributed by atoms with Crippen LogP contribution in [0, 0.1) is 11.3 Å². The second kappa shape index (κ2) is 6.47. The number of benzene rings is 1. The fourth-order valence-corrected chi connectivity index (χ4v) is 8.54. The molecule has 10 nitrogen and oxygen atoms in total. The molecule has 1 aliphatic carbocycles. The monoisotopic (exact) mass is 519 g/mol. The summed E-state index contributed by atoms with van der Waals surface area (Å²) < 4.78 is 12.0. The molecule has 10 heteroatoms. The van der Waals surface area contributed by atoms with Gasteiger partial charge in [0.25, 0.3) is 11.8 Å². The largest absolute Gasteiger partial charge is 0.483 e. The molecule has 1 saturated carbocycles.